The van der Waals surface area contributed by atoms with Crippen LogP contribution < -0.4 is 15.4 Å². The lowest BCUT2D eigenvalue weighted by molar-refractivity contribution is 0.0688. The van der Waals surface area contributed by atoms with Crippen LogP contribution in [0.15, 0.2) is 59.3 Å². The number of rotatable bonds is 8. The number of benzene rings is 2. The van der Waals surface area contributed by atoms with Crippen molar-refractivity contribution in [1.82, 2.24) is 10.3 Å². The van der Waals surface area contributed by atoms with Crippen LogP contribution in [0.25, 0.3) is 0 Å². The molecule has 9 heteroatoms. The molecule has 0 aliphatic heterocycles. The van der Waals surface area contributed by atoms with E-state index in [1.54, 1.807) is 31.4 Å². The number of anilines is 1. The smallest absolute Gasteiger partial charge is 0.358 e. The molecule has 0 bridgehead atoms. The molecule has 0 saturated carbocycles. The maximum Gasteiger partial charge on any atom is 0.358 e. The third kappa shape index (κ3) is 5.74. The highest BCUT2D eigenvalue weighted by atomic mass is 35.5. The van der Waals surface area contributed by atoms with Crippen LogP contribution in [0.3, 0.4) is 0 Å². The number of aromatic nitrogens is 1. The van der Waals surface area contributed by atoms with Crippen molar-refractivity contribution < 1.29 is 23.8 Å². The summed E-state index contributed by atoms with van der Waals surface area (Å²) in [6, 6.07) is 13.2. The summed E-state index contributed by atoms with van der Waals surface area (Å²) in [5, 5.41) is 15.4. The van der Waals surface area contributed by atoms with Crippen LogP contribution in [-0.2, 0) is 12.8 Å². The number of halogens is 1. The van der Waals surface area contributed by atoms with Crippen LogP contribution in [0.4, 0.5) is 10.5 Å². The Labute approximate surface area is 177 Å². The van der Waals surface area contributed by atoms with Gasteiger partial charge in [-0.05, 0) is 48.4 Å². The molecule has 0 radical (unpaired) electrons. The number of nitrogens with zero attached hydrogens (tertiary/aromatic N) is 1. The second kappa shape index (κ2) is 9.80. The van der Waals surface area contributed by atoms with Gasteiger partial charge in [0.05, 0.1) is 7.11 Å². The first kappa shape index (κ1) is 21.2. The first-order valence-electron chi connectivity index (χ1n) is 9.06. The van der Waals surface area contributed by atoms with E-state index >= 15 is 0 Å². The highest BCUT2D eigenvalue weighted by Crippen LogP contribution is 2.17. The molecule has 2 amide bonds. The number of hydrogen-bond donors (Lipinski definition) is 3. The maximum atomic E-state index is 12.5. The minimum Gasteiger partial charge on any atom is -0.497 e. The lowest BCUT2D eigenvalue weighted by Crippen LogP contribution is -2.40. The van der Waals surface area contributed by atoms with Gasteiger partial charge in [-0.25, -0.2) is 14.6 Å². The van der Waals surface area contributed by atoms with E-state index in [1.807, 2.05) is 24.3 Å². The largest absolute Gasteiger partial charge is 0.497 e. The van der Waals surface area contributed by atoms with Crippen molar-refractivity contribution in [3.8, 4) is 5.75 Å². The molecule has 1 atom stereocenters. The minimum atomic E-state index is -1.19. The first-order valence-corrected chi connectivity index (χ1v) is 9.44. The molecule has 1 unspecified atom stereocenters. The molecular formula is C21H20ClN3O5. The van der Waals surface area contributed by atoms with E-state index in [1.165, 1.54) is 0 Å². The van der Waals surface area contributed by atoms with Crippen molar-refractivity contribution in [3.63, 3.8) is 0 Å². The quantitative estimate of drug-likeness (QED) is 0.498. The molecule has 156 valence electrons. The normalized spacial score (nSPS) is 11.5. The summed E-state index contributed by atoms with van der Waals surface area (Å²) in [5.74, 6) is -0.285. The molecule has 30 heavy (non-hydrogen) atoms. The standard InChI is InChI=1S/C21H20ClN3O5/c1-29-17-8-2-13(3-9-17)10-16(11-18-19(20(26)27)23-12-30-18)25-21(28)24-15-6-4-14(22)5-7-15/h2-9,12,16H,10-11H2,1H3,(H,26,27)(H2,24,25,28). The predicted molar refractivity (Wildman–Crippen MR) is 111 cm³/mol. The molecule has 3 N–H and O–H groups in total. The summed E-state index contributed by atoms with van der Waals surface area (Å²) in [4.78, 5) is 27.6. The van der Waals surface area contributed by atoms with Gasteiger partial charge in [0.25, 0.3) is 0 Å². The average Bonchev–Trinajstić information content (AvgIpc) is 3.18. The van der Waals surface area contributed by atoms with Crippen molar-refractivity contribution in [3.05, 3.63) is 77.0 Å². The van der Waals surface area contributed by atoms with Crippen LogP contribution >= 0.6 is 11.6 Å². The topological polar surface area (TPSA) is 114 Å². The van der Waals surface area contributed by atoms with E-state index < -0.39 is 18.0 Å². The van der Waals surface area contributed by atoms with Gasteiger partial charge in [0.1, 0.15) is 11.5 Å². The molecule has 8 nitrogen and oxygen atoms in total. The van der Waals surface area contributed by atoms with Gasteiger partial charge >= 0.3 is 12.0 Å². The van der Waals surface area contributed by atoms with Crippen molar-refractivity contribution in [2.45, 2.75) is 18.9 Å². The summed E-state index contributed by atoms with van der Waals surface area (Å²) in [6.45, 7) is 0. The molecule has 0 aliphatic rings. The fourth-order valence-electron chi connectivity index (χ4n) is 2.92. The number of carboxylic acid groups (broad SMARTS) is 1. The van der Waals surface area contributed by atoms with Gasteiger partial charge < -0.3 is 24.9 Å². The highest BCUT2D eigenvalue weighted by Gasteiger charge is 2.22. The zero-order valence-electron chi connectivity index (χ0n) is 16.1. The summed E-state index contributed by atoms with van der Waals surface area (Å²) in [7, 11) is 1.58. The Morgan fingerprint density at radius 2 is 1.83 bits per heavy atom. The Hall–Kier alpha value is -3.52. The highest BCUT2D eigenvalue weighted by molar-refractivity contribution is 6.30. The van der Waals surface area contributed by atoms with Gasteiger partial charge in [0.2, 0.25) is 0 Å². The van der Waals surface area contributed by atoms with Crippen LogP contribution in [0, 0.1) is 0 Å². The molecule has 0 saturated heterocycles. The van der Waals surface area contributed by atoms with Crippen LogP contribution in [0.2, 0.25) is 5.02 Å². The second-order valence-corrected chi connectivity index (χ2v) is 6.92. The zero-order chi connectivity index (χ0) is 21.5. The van der Waals surface area contributed by atoms with Gasteiger partial charge in [-0.2, -0.15) is 0 Å². The number of carboxylic acids is 1. The van der Waals surface area contributed by atoms with Crippen molar-refractivity contribution in [1.29, 1.82) is 0 Å². The molecular weight excluding hydrogens is 410 g/mol. The van der Waals surface area contributed by atoms with E-state index in [0.29, 0.717) is 22.9 Å². The molecule has 3 rings (SSSR count). The van der Waals surface area contributed by atoms with Crippen molar-refractivity contribution in [2.24, 2.45) is 0 Å². The summed E-state index contributed by atoms with van der Waals surface area (Å²) in [5.41, 5.74) is 1.34. The van der Waals surface area contributed by atoms with Gasteiger partial charge in [0.15, 0.2) is 12.1 Å². The van der Waals surface area contributed by atoms with Gasteiger partial charge in [-0.3, -0.25) is 0 Å². The third-order valence-electron chi connectivity index (χ3n) is 4.35. The van der Waals surface area contributed by atoms with E-state index in [-0.39, 0.29) is 17.9 Å². The number of aromatic carboxylic acids is 1. The summed E-state index contributed by atoms with van der Waals surface area (Å²) < 4.78 is 10.4. The van der Waals surface area contributed by atoms with E-state index in [2.05, 4.69) is 15.6 Å². The number of hydrogen-bond acceptors (Lipinski definition) is 5. The summed E-state index contributed by atoms with van der Waals surface area (Å²) in [6.07, 6.45) is 1.68. The Bertz CT molecular complexity index is 1000. The number of carbonyl (C=O) groups excluding carboxylic acids is 1. The zero-order valence-corrected chi connectivity index (χ0v) is 16.8. The maximum absolute atomic E-state index is 12.5. The SMILES string of the molecule is COc1ccc(CC(Cc2ocnc2C(=O)O)NC(=O)Nc2ccc(Cl)cc2)cc1. The number of amides is 2. The number of ether oxygens (including phenoxy) is 1. The van der Waals surface area contributed by atoms with Crippen molar-refractivity contribution in [2.75, 3.05) is 12.4 Å². The first-order chi connectivity index (χ1) is 14.4. The van der Waals surface area contributed by atoms with Gasteiger partial charge in [0, 0.05) is 23.2 Å². The molecule has 0 fully saturated rings. The lowest BCUT2D eigenvalue weighted by Gasteiger charge is -2.19. The van der Waals surface area contributed by atoms with Crippen LogP contribution in [0.1, 0.15) is 21.8 Å². The number of carbonyl (C=O) groups is 2. The molecule has 0 aliphatic carbocycles. The van der Waals surface area contributed by atoms with E-state index in [9.17, 15) is 14.7 Å². The Balaban J connectivity index is 1.74. The number of oxazole rings is 1. The van der Waals surface area contributed by atoms with E-state index in [0.717, 1.165) is 12.0 Å². The fourth-order valence-corrected chi connectivity index (χ4v) is 3.05. The fraction of sp³-hybridized carbons (Fsp3) is 0.190. The van der Waals surface area contributed by atoms with Gasteiger partial charge in [-0.1, -0.05) is 23.7 Å². The van der Waals surface area contributed by atoms with Crippen molar-refractivity contribution >= 4 is 29.3 Å². The molecule has 3 aromatic rings. The Morgan fingerprint density at radius 3 is 2.47 bits per heavy atom. The second-order valence-electron chi connectivity index (χ2n) is 6.49. The Morgan fingerprint density at radius 1 is 1.13 bits per heavy atom. The predicted octanol–water partition coefficient (Wildman–Crippen LogP) is 4.01. The molecule has 2 aromatic carbocycles. The van der Waals surface area contributed by atoms with Gasteiger partial charge in [-0.15, -0.1) is 0 Å². The number of methoxy groups -OCH3 is 1. The molecule has 1 aromatic heterocycles. The van der Waals surface area contributed by atoms with Crippen LogP contribution in [0.5, 0.6) is 5.75 Å². The monoisotopic (exact) mass is 429 g/mol. The number of nitrogens with one attached hydrogen (secondary N) is 2. The number of urea groups is 1. The third-order valence-corrected chi connectivity index (χ3v) is 4.61. The Kier molecular flexibility index (Phi) is 6.92. The van der Waals surface area contributed by atoms with Crippen LogP contribution in [-0.4, -0.2) is 35.2 Å². The molecule has 1 heterocycles. The summed E-state index contributed by atoms with van der Waals surface area (Å²) >= 11 is 5.86. The minimum absolute atomic E-state index is 0.154. The van der Waals surface area contributed by atoms with E-state index in [4.69, 9.17) is 20.8 Å². The average molecular weight is 430 g/mol. The molecule has 0 spiro atoms. The lowest BCUT2D eigenvalue weighted by atomic mass is 10.0.